The molecule has 110 valence electrons. The zero-order valence-corrected chi connectivity index (χ0v) is 10.3. The molecule has 0 saturated carbocycles. The molecule has 7 nitrogen and oxygen atoms in total. The van der Waals surface area contributed by atoms with Crippen LogP contribution in [0.1, 0.15) is 10.4 Å². The van der Waals surface area contributed by atoms with Crippen molar-refractivity contribution < 1.29 is 22.9 Å². The summed E-state index contributed by atoms with van der Waals surface area (Å²) >= 11 is 0. The predicted octanol–water partition coefficient (Wildman–Crippen LogP) is 1.51. The highest BCUT2D eigenvalue weighted by molar-refractivity contribution is 6.00. The predicted molar refractivity (Wildman–Crippen MR) is 63.9 cm³/mol. The number of halogens is 3. The van der Waals surface area contributed by atoms with Gasteiger partial charge in [-0.15, -0.1) is 0 Å². The zero-order chi connectivity index (χ0) is 15.5. The number of hydrogen-bond acceptors (Lipinski definition) is 5. The fourth-order valence-electron chi connectivity index (χ4n) is 1.58. The Labute approximate surface area is 111 Å². The van der Waals surface area contributed by atoms with Crippen LogP contribution in [0, 0.1) is 10.1 Å². The monoisotopic (exact) mass is 292 g/mol. The van der Waals surface area contributed by atoms with Crippen molar-refractivity contribution in [1.82, 2.24) is 4.90 Å². The molecule has 20 heavy (non-hydrogen) atoms. The van der Waals surface area contributed by atoms with E-state index >= 15 is 0 Å². The van der Waals surface area contributed by atoms with Crippen LogP contribution in [0.25, 0.3) is 0 Å². The number of nitrogens with zero attached hydrogens (tertiary/aromatic N) is 2. The largest absolute Gasteiger partial charge is 0.406 e. The minimum Gasteiger partial charge on any atom is -0.332 e. The van der Waals surface area contributed by atoms with Crippen molar-refractivity contribution in [1.29, 1.82) is 0 Å². The van der Waals surface area contributed by atoms with Crippen molar-refractivity contribution >= 4 is 17.3 Å². The minimum atomic E-state index is -4.59. The Morgan fingerprint density at radius 2 is 2.10 bits per heavy atom. The van der Waals surface area contributed by atoms with E-state index < -0.39 is 34.8 Å². The molecule has 0 atom stereocenters. The van der Waals surface area contributed by atoms with E-state index in [2.05, 4.69) is 0 Å². The Hall–Kier alpha value is -2.36. The molecule has 0 saturated heterocycles. The van der Waals surface area contributed by atoms with E-state index in [0.29, 0.717) is 4.90 Å². The number of carbonyl (C=O) groups is 1. The van der Waals surface area contributed by atoms with Crippen LogP contribution in [0.15, 0.2) is 18.2 Å². The molecule has 0 spiro atoms. The number of nitro groups is 1. The lowest BCUT2D eigenvalue weighted by Crippen LogP contribution is -2.36. The number of nitro benzene ring substituents is 1. The molecule has 10 heteroatoms. The van der Waals surface area contributed by atoms with Gasteiger partial charge >= 0.3 is 11.9 Å². The van der Waals surface area contributed by atoms with Gasteiger partial charge in [0.15, 0.2) is 0 Å². The van der Waals surface area contributed by atoms with Crippen LogP contribution in [-0.4, -0.2) is 35.5 Å². The molecule has 1 amide bonds. The number of hydrazine groups is 1. The van der Waals surface area contributed by atoms with E-state index in [4.69, 9.17) is 5.84 Å². The smallest absolute Gasteiger partial charge is 0.332 e. The van der Waals surface area contributed by atoms with E-state index in [-0.39, 0.29) is 5.69 Å². The maximum Gasteiger partial charge on any atom is 0.406 e. The summed E-state index contributed by atoms with van der Waals surface area (Å²) in [4.78, 5) is 22.3. The number of nitrogens with two attached hydrogens (primary N) is 1. The summed E-state index contributed by atoms with van der Waals surface area (Å²) in [5.41, 5.74) is 0.712. The van der Waals surface area contributed by atoms with Gasteiger partial charge < -0.3 is 10.3 Å². The number of para-hydroxylation sites is 1. The van der Waals surface area contributed by atoms with Crippen LogP contribution in [0.2, 0.25) is 0 Å². The number of amides is 1. The molecule has 1 rings (SSSR count). The first-order chi connectivity index (χ1) is 9.17. The number of rotatable bonds is 4. The second kappa shape index (κ2) is 5.74. The van der Waals surface area contributed by atoms with Gasteiger partial charge in [-0.25, -0.2) is 0 Å². The third-order valence-electron chi connectivity index (χ3n) is 2.37. The maximum atomic E-state index is 12.2. The lowest BCUT2D eigenvalue weighted by molar-refractivity contribution is -0.384. The number of alkyl halides is 3. The summed E-state index contributed by atoms with van der Waals surface area (Å²) < 4.78 is 36.7. The normalized spacial score (nSPS) is 11.1. The molecule has 0 aliphatic rings. The standard InChI is InChI=1S/C10H11F3N4O3/c1-16(5-10(11,12)13)9(18)6-3-2-4-7(15-14)8(6)17(19)20/h2-4,15H,5,14H2,1H3. The number of anilines is 1. The highest BCUT2D eigenvalue weighted by Crippen LogP contribution is 2.29. The highest BCUT2D eigenvalue weighted by Gasteiger charge is 2.34. The fourth-order valence-corrected chi connectivity index (χ4v) is 1.58. The molecule has 0 bridgehead atoms. The first-order valence-corrected chi connectivity index (χ1v) is 5.23. The van der Waals surface area contributed by atoms with Gasteiger partial charge in [0.05, 0.1) is 4.92 Å². The second-order valence-corrected chi connectivity index (χ2v) is 3.88. The summed E-state index contributed by atoms with van der Waals surface area (Å²) in [5.74, 6) is 3.96. The molecular formula is C10H11F3N4O3. The second-order valence-electron chi connectivity index (χ2n) is 3.88. The zero-order valence-electron chi connectivity index (χ0n) is 10.3. The fraction of sp³-hybridized carbons (Fsp3) is 0.300. The van der Waals surface area contributed by atoms with Crippen molar-refractivity contribution in [3.05, 3.63) is 33.9 Å². The Kier molecular flexibility index (Phi) is 4.50. The van der Waals surface area contributed by atoms with E-state index in [1.54, 1.807) is 0 Å². The molecule has 0 aromatic heterocycles. The Morgan fingerprint density at radius 3 is 2.55 bits per heavy atom. The summed E-state index contributed by atoms with van der Waals surface area (Å²) in [6.45, 7) is -1.51. The van der Waals surface area contributed by atoms with Gasteiger partial charge in [0, 0.05) is 7.05 Å². The number of benzene rings is 1. The van der Waals surface area contributed by atoms with Gasteiger partial charge in [-0.1, -0.05) is 6.07 Å². The molecule has 3 N–H and O–H groups in total. The Morgan fingerprint density at radius 1 is 1.50 bits per heavy atom. The first-order valence-electron chi connectivity index (χ1n) is 5.23. The van der Waals surface area contributed by atoms with Crippen molar-refractivity contribution in [3.8, 4) is 0 Å². The summed E-state index contributed by atoms with van der Waals surface area (Å²) in [5, 5.41) is 10.9. The third kappa shape index (κ3) is 3.57. The maximum absolute atomic E-state index is 12.2. The van der Waals surface area contributed by atoms with E-state index in [0.717, 1.165) is 13.1 Å². The number of hydrogen-bond donors (Lipinski definition) is 2. The van der Waals surface area contributed by atoms with Gasteiger partial charge in [0.25, 0.3) is 5.91 Å². The molecule has 0 fully saturated rings. The minimum absolute atomic E-state index is 0.166. The molecule has 1 aromatic rings. The first kappa shape index (κ1) is 15.7. The number of nitrogen functional groups attached to an aromatic ring is 1. The van der Waals surface area contributed by atoms with Crippen LogP contribution in [0.4, 0.5) is 24.5 Å². The lowest BCUT2D eigenvalue weighted by Gasteiger charge is -2.19. The van der Waals surface area contributed by atoms with Gasteiger partial charge in [-0.05, 0) is 12.1 Å². The molecule has 0 unspecified atom stereocenters. The van der Waals surface area contributed by atoms with Gasteiger partial charge in [-0.3, -0.25) is 20.8 Å². The average Bonchev–Trinajstić information content (AvgIpc) is 2.34. The van der Waals surface area contributed by atoms with Crippen LogP contribution >= 0.6 is 0 Å². The molecule has 0 radical (unpaired) electrons. The van der Waals surface area contributed by atoms with Gasteiger partial charge in [0.1, 0.15) is 17.8 Å². The van der Waals surface area contributed by atoms with Crippen LogP contribution in [0.3, 0.4) is 0 Å². The molecule has 1 aromatic carbocycles. The molecule has 0 heterocycles. The van der Waals surface area contributed by atoms with Gasteiger partial charge in [-0.2, -0.15) is 13.2 Å². The Bertz CT molecular complexity index is 533. The Balaban J connectivity index is 3.19. The summed E-state index contributed by atoms with van der Waals surface area (Å²) in [7, 11) is 0.905. The third-order valence-corrected chi connectivity index (χ3v) is 2.37. The molecule has 0 aliphatic heterocycles. The number of carbonyl (C=O) groups excluding carboxylic acids is 1. The molecular weight excluding hydrogens is 281 g/mol. The summed E-state index contributed by atoms with van der Waals surface area (Å²) in [6, 6.07) is 3.57. The van der Waals surface area contributed by atoms with E-state index in [9.17, 15) is 28.1 Å². The van der Waals surface area contributed by atoms with Crippen LogP contribution < -0.4 is 11.3 Å². The highest BCUT2D eigenvalue weighted by atomic mass is 19.4. The SMILES string of the molecule is CN(CC(F)(F)F)C(=O)c1cccc(NN)c1[N+](=O)[O-]. The molecule has 0 aliphatic carbocycles. The van der Waals surface area contributed by atoms with Crippen molar-refractivity contribution in [2.45, 2.75) is 6.18 Å². The lowest BCUT2D eigenvalue weighted by atomic mass is 10.1. The van der Waals surface area contributed by atoms with E-state index in [1.165, 1.54) is 12.1 Å². The van der Waals surface area contributed by atoms with Crippen LogP contribution in [0.5, 0.6) is 0 Å². The number of nitrogens with one attached hydrogen (secondary N) is 1. The summed E-state index contributed by atoms with van der Waals surface area (Å²) in [6.07, 6.45) is -4.59. The van der Waals surface area contributed by atoms with Crippen LogP contribution in [-0.2, 0) is 0 Å². The van der Waals surface area contributed by atoms with E-state index in [1.807, 2.05) is 5.43 Å². The van der Waals surface area contributed by atoms with Crippen molar-refractivity contribution in [2.24, 2.45) is 5.84 Å². The van der Waals surface area contributed by atoms with Gasteiger partial charge in [0.2, 0.25) is 0 Å². The van der Waals surface area contributed by atoms with Crippen molar-refractivity contribution in [2.75, 3.05) is 19.0 Å². The average molecular weight is 292 g/mol. The van der Waals surface area contributed by atoms with Crippen molar-refractivity contribution in [3.63, 3.8) is 0 Å². The topological polar surface area (TPSA) is 102 Å². The quantitative estimate of drug-likeness (QED) is 0.497.